The van der Waals surface area contributed by atoms with E-state index < -0.39 is 22.5 Å². The highest BCUT2D eigenvalue weighted by Crippen LogP contribution is 2.31. The van der Waals surface area contributed by atoms with Crippen LogP contribution in [-0.4, -0.2) is 41.3 Å². The van der Waals surface area contributed by atoms with Gasteiger partial charge in [0.05, 0.1) is 36.0 Å². The molecule has 0 aliphatic carbocycles. The smallest absolute Gasteiger partial charge is 0.264 e. The molecule has 3 aromatic rings. The summed E-state index contributed by atoms with van der Waals surface area (Å²) in [4.78, 5) is 12.6. The molecule has 0 saturated heterocycles. The molecule has 0 unspecified atom stereocenters. The van der Waals surface area contributed by atoms with Crippen LogP contribution in [0.4, 0.5) is 5.69 Å². The summed E-state index contributed by atoms with van der Waals surface area (Å²) in [7, 11) is -1.07. The largest absolute Gasteiger partial charge is 0.497 e. The van der Waals surface area contributed by atoms with E-state index in [1.54, 1.807) is 49.6 Å². The van der Waals surface area contributed by atoms with Crippen LogP contribution >= 0.6 is 11.6 Å². The van der Waals surface area contributed by atoms with Gasteiger partial charge < -0.3 is 9.47 Å². The minimum Gasteiger partial charge on any atom is -0.497 e. The summed E-state index contributed by atoms with van der Waals surface area (Å²) < 4.78 is 37.9. The lowest BCUT2D eigenvalue weighted by Crippen LogP contribution is -2.39. The third-order valence-electron chi connectivity index (χ3n) is 4.54. The lowest BCUT2D eigenvalue weighted by Gasteiger charge is -2.24. The van der Waals surface area contributed by atoms with E-state index in [1.165, 1.54) is 43.7 Å². The summed E-state index contributed by atoms with van der Waals surface area (Å²) >= 11 is 6.20. The number of nitrogens with one attached hydrogen (secondary N) is 1. The molecule has 0 spiro atoms. The van der Waals surface area contributed by atoms with E-state index in [0.29, 0.717) is 17.1 Å². The maximum atomic E-state index is 13.3. The van der Waals surface area contributed by atoms with Gasteiger partial charge in [-0.1, -0.05) is 41.9 Å². The van der Waals surface area contributed by atoms with E-state index in [2.05, 4.69) is 10.5 Å². The first-order valence-electron chi connectivity index (χ1n) is 9.72. The van der Waals surface area contributed by atoms with Crippen LogP contribution in [0.25, 0.3) is 0 Å². The average Bonchev–Trinajstić information content (AvgIpc) is 2.83. The van der Waals surface area contributed by atoms with Gasteiger partial charge in [-0.15, -0.1) is 0 Å². The molecule has 0 aliphatic heterocycles. The molecule has 1 amide bonds. The van der Waals surface area contributed by atoms with Gasteiger partial charge in [0.1, 0.15) is 18.0 Å². The van der Waals surface area contributed by atoms with Crippen LogP contribution in [0.3, 0.4) is 0 Å². The summed E-state index contributed by atoms with van der Waals surface area (Å²) in [6.07, 6.45) is 1.43. The fraction of sp³-hybridized carbons (Fsp3) is 0.130. The molecule has 33 heavy (non-hydrogen) atoms. The van der Waals surface area contributed by atoms with Gasteiger partial charge in [0.2, 0.25) is 0 Å². The Morgan fingerprint density at radius 2 is 1.79 bits per heavy atom. The fourth-order valence-corrected chi connectivity index (χ4v) is 4.60. The second-order valence-electron chi connectivity index (χ2n) is 6.71. The number of benzene rings is 3. The number of rotatable bonds is 9. The molecule has 0 aromatic heterocycles. The molecule has 0 atom stereocenters. The Kier molecular flexibility index (Phi) is 7.92. The standard InChI is InChI=1S/C23H22ClN3O5S/c1-31-19-8-6-7-17(13-19)15-25-26-23(28)16-27(18-11-12-22(32-2)21(24)14-18)33(29,30)20-9-4-3-5-10-20/h3-15H,16H2,1-2H3,(H,26,28)/b25-15-. The molecule has 8 nitrogen and oxygen atoms in total. The van der Waals surface area contributed by atoms with E-state index in [-0.39, 0.29) is 15.6 Å². The zero-order chi connectivity index (χ0) is 23.8. The van der Waals surface area contributed by atoms with Crippen molar-refractivity contribution >= 4 is 39.4 Å². The first-order valence-corrected chi connectivity index (χ1v) is 11.5. The molecular weight excluding hydrogens is 466 g/mol. The van der Waals surface area contributed by atoms with Crippen LogP contribution in [0.15, 0.2) is 82.8 Å². The maximum absolute atomic E-state index is 13.3. The van der Waals surface area contributed by atoms with Crippen molar-refractivity contribution in [3.63, 3.8) is 0 Å². The van der Waals surface area contributed by atoms with Crippen molar-refractivity contribution in [2.75, 3.05) is 25.1 Å². The van der Waals surface area contributed by atoms with Gasteiger partial charge >= 0.3 is 0 Å². The van der Waals surface area contributed by atoms with Crippen molar-refractivity contribution in [3.8, 4) is 11.5 Å². The molecule has 0 heterocycles. The van der Waals surface area contributed by atoms with Gasteiger partial charge in [0.15, 0.2) is 0 Å². The van der Waals surface area contributed by atoms with E-state index in [1.807, 2.05) is 0 Å². The number of nitrogens with zero attached hydrogens (tertiary/aromatic N) is 2. The van der Waals surface area contributed by atoms with Crippen LogP contribution in [0.5, 0.6) is 11.5 Å². The molecule has 172 valence electrons. The zero-order valence-electron chi connectivity index (χ0n) is 17.9. The number of halogens is 1. The highest BCUT2D eigenvalue weighted by Gasteiger charge is 2.27. The minimum absolute atomic E-state index is 0.0321. The quantitative estimate of drug-likeness (QED) is 0.366. The van der Waals surface area contributed by atoms with Gasteiger partial charge in [-0.2, -0.15) is 5.10 Å². The lowest BCUT2D eigenvalue weighted by molar-refractivity contribution is -0.119. The van der Waals surface area contributed by atoms with E-state index in [4.69, 9.17) is 21.1 Å². The first-order chi connectivity index (χ1) is 15.8. The van der Waals surface area contributed by atoms with Gasteiger partial charge in [0.25, 0.3) is 15.9 Å². The summed E-state index contributed by atoms with van der Waals surface area (Å²) in [6, 6.07) is 19.4. The average molecular weight is 488 g/mol. The van der Waals surface area contributed by atoms with Gasteiger partial charge in [0, 0.05) is 0 Å². The van der Waals surface area contributed by atoms with Crippen LogP contribution in [0.1, 0.15) is 5.56 Å². The van der Waals surface area contributed by atoms with Gasteiger partial charge in [-0.05, 0) is 48.0 Å². The van der Waals surface area contributed by atoms with Crippen molar-refractivity contribution in [1.82, 2.24) is 5.43 Å². The van der Waals surface area contributed by atoms with Crippen LogP contribution in [0.2, 0.25) is 5.02 Å². The number of ether oxygens (including phenoxy) is 2. The molecule has 0 bridgehead atoms. The number of sulfonamides is 1. The van der Waals surface area contributed by atoms with E-state index in [9.17, 15) is 13.2 Å². The predicted molar refractivity (Wildman–Crippen MR) is 128 cm³/mol. The van der Waals surface area contributed by atoms with Crippen LogP contribution in [0, 0.1) is 0 Å². The lowest BCUT2D eigenvalue weighted by atomic mass is 10.2. The SMILES string of the molecule is COc1cccc(/C=N\NC(=O)CN(c2ccc(OC)c(Cl)c2)S(=O)(=O)c2ccccc2)c1. The summed E-state index contributed by atoms with van der Waals surface area (Å²) in [5, 5.41) is 4.12. The van der Waals surface area contributed by atoms with Crippen molar-refractivity contribution in [2.24, 2.45) is 5.10 Å². The predicted octanol–water partition coefficient (Wildman–Crippen LogP) is 3.70. The number of hydrogen-bond acceptors (Lipinski definition) is 6. The first kappa shape index (κ1) is 24.1. The second-order valence-corrected chi connectivity index (χ2v) is 8.98. The Balaban J connectivity index is 1.85. The number of hydrazone groups is 1. The van der Waals surface area contributed by atoms with Gasteiger partial charge in [-0.3, -0.25) is 9.10 Å². The molecule has 3 rings (SSSR count). The number of carbonyl (C=O) groups is 1. The Morgan fingerprint density at radius 1 is 1.03 bits per heavy atom. The summed E-state index contributed by atoms with van der Waals surface area (Å²) in [5.74, 6) is 0.382. The number of anilines is 1. The molecule has 10 heteroatoms. The molecule has 0 fully saturated rings. The van der Waals surface area contributed by atoms with Gasteiger partial charge in [-0.25, -0.2) is 13.8 Å². The Labute approximate surface area is 197 Å². The number of amides is 1. The molecule has 0 saturated carbocycles. The third kappa shape index (κ3) is 6.03. The Morgan fingerprint density at radius 3 is 2.45 bits per heavy atom. The normalized spacial score (nSPS) is 11.2. The second kappa shape index (κ2) is 10.8. The van der Waals surface area contributed by atoms with Crippen LogP contribution < -0.4 is 19.2 Å². The summed E-state index contributed by atoms with van der Waals surface area (Å²) in [6.45, 7) is -0.519. The fourth-order valence-electron chi connectivity index (χ4n) is 2.91. The van der Waals surface area contributed by atoms with E-state index in [0.717, 1.165) is 4.31 Å². The zero-order valence-corrected chi connectivity index (χ0v) is 19.5. The minimum atomic E-state index is -4.07. The van der Waals surface area contributed by atoms with Crippen molar-refractivity contribution in [2.45, 2.75) is 4.90 Å². The molecule has 3 aromatic carbocycles. The Hall–Kier alpha value is -3.56. The highest BCUT2D eigenvalue weighted by atomic mass is 35.5. The molecule has 0 aliphatic rings. The number of methoxy groups -OCH3 is 2. The highest BCUT2D eigenvalue weighted by molar-refractivity contribution is 7.92. The van der Waals surface area contributed by atoms with Crippen molar-refractivity contribution in [1.29, 1.82) is 0 Å². The molecule has 0 radical (unpaired) electrons. The number of carbonyl (C=O) groups excluding carboxylic acids is 1. The van der Waals surface area contributed by atoms with Crippen molar-refractivity contribution in [3.05, 3.63) is 83.4 Å². The number of hydrogen-bond donors (Lipinski definition) is 1. The topological polar surface area (TPSA) is 97.3 Å². The summed E-state index contributed by atoms with van der Waals surface area (Å²) in [5.41, 5.74) is 3.26. The third-order valence-corrected chi connectivity index (χ3v) is 6.62. The maximum Gasteiger partial charge on any atom is 0.264 e. The molecular formula is C23H22ClN3O5S. The van der Waals surface area contributed by atoms with Crippen LogP contribution in [-0.2, 0) is 14.8 Å². The monoisotopic (exact) mass is 487 g/mol. The van der Waals surface area contributed by atoms with Crippen molar-refractivity contribution < 1.29 is 22.7 Å². The van der Waals surface area contributed by atoms with E-state index >= 15 is 0 Å². The Bertz CT molecular complexity index is 1250. The molecule has 1 N–H and O–H groups in total.